The highest BCUT2D eigenvalue weighted by Gasteiger charge is 2.18. The van der Waals surface area contributed by atoms with Gasteiger partial charge in [-0.15, -0.1) is 0 Å². The quantitative estimate of drug-likeness (QED) is 0.669. The monoisotopic (exact) mass is 245 g/mol. The second-order valence-corrected chi connectivity index (χ2v) is 6.15. The van der Waals surface area contributed by atoms with Crippen molar-refractivity contribution in [1.29, 1.82) is 0 Å². The molecule has 100 valence electrons. The number of rotatable bonds is 3. The lowest BCUT2D eigenvalue weighted by atomic mass is 9.87. The second-order valence-electron chi connectivity index (χ2n) is 6.15. The molecule has 2 aliphatic carbocycles. The zero-order valence-corrected chi connectivity index (χ0v) is 12.2. The van der Waals surface area contributed by atoms with Gasteiger partial charge in [-0.25, -0.2) is 0 Å². The molecule has 0 amide bonds. The molecule has 0 aromatic rings. The van der Waals surface area contributed by atoms with Crippen molar-refractivity contribution in [1.82, 2.24) is 4.90 Å². The molecular formula is C17H27N. The Morgan fingerprint density at radius 3 is 2.61 bits per heavy atom. The summed E-state index contributed by atoms with van der Waals surface area (Å²) in [5, 5.41) is 0. The van der Waals surface area contributed by atoms with Crippen molar-refractivity contribution >= 4 is 0 Å². The summed E-state index contributed by atoms with van der Waals surface area (Å²) in [6.07, 6.45) is 17.2. The largest absolute Gasteiger partial charge is 0.306 e. The molecule has 1 nitrogen and oxygen atoms in total. The third kappa shape index (κ3) is 3.84. The molecule has 0 bridgehead atoms. The van der Waals surface area contributed by atoms with Crippen LogP contribution in [-0.4, -0.2) is 25.0 Å². The molecule has 1 saturated carbocycles. The molecular weight excluding hydrogens is 218 g/mol. The average Bonchev–Trinajstić information content (AvgIpc) is 2.37. The first-order valence-corrected chi connectivity index (χ1v) is 7.33. The number of nitrogens with zero attached hydrogens (tertiary/aromatic N) is 1. The molecule has 1 unspecified atom stereocenters. The summed E-state index contributed by atoms with van der Waals surface area (Å²) >= 11 is 0. The summed E-state index contributed by atoms with van der Waals surface area (Å²) in [5.74, 6) is 0.745. The predicted molar refractivity (Wildman–Crippen MR) is 79.6 cm³/mol. The van der Waals surface area contributed by atoms with Crippen LogP contribution in [-0.2, 0) is 0 Å². The van der Waals surface area contributed by atoms with E-state index in [9.17, 15) is 0 Å². The minimum Gasteiger partial charge on any atom is -0.306 e. The lowest BCUT2D eigenvalue weighted by molar-refractivity contribution is 0.248. The Kier molecular flexibility index (Phi) is 4.82. The van der Waals surface area contributed by atoms with Crippen molar-refractivity contribution in [3.8, 4) is 0 Å². The van der Waals surface area contributed by atoms with Gasteiger partial charge in [0.2, 0.25) is 0 Å². The Morgan fingerprint density at radius 1 is 1.28 bits per heavy atom. The van der Waals surface area contributed by atoms with Gasteiger partial charge in [0.1, 0.15) is 0 Å². The zero-order valence-electron chi connectivity index (χ0n) is 12.2. The van der Waals surface area contributed by atoms with Crippen LogP contribution < -0.4 is 0 Å². The van der Waals surface area contributed by atoms with Crippen molar-refractivity contribution in [2.24, 2.45) is 5.92 Å². The van der Waals surface area contributed by atoms with Crippen molar-refractivity contribution in [3.05, 3.63) is 35.5 Å². The van der Waals surface area contributed by atoms with Gasteiger partial charge in [0, 0.05) is 6.04 Å². The van der Waals surface area contributed by atoms with Crippen LogP contribution in [0, 0.1) is 5.92 Å². The third-order valence-electron chi connectivity index (χ3n) is 4.39. The lowest BCUT2D eigenvalue weighted by Crippen LogP contribution is -2.30. The summed E-state index contributed by atoms with van der Waals surface area (Å²) in [6.45, 7) is 2.24. The number of hydrogen-bond acceptors (Lipinski definition) is 1. The maximum Gasteiger partial charge on any atom is 0.00952 e. The molecule has 0 heterocycles. The topological polar surface area (TPSA) is 3.24 Å². The van der Waals surface area contributed by atoms with Gasteiger partial charge in [0.15, 0.2) is 0 Å². The van der Waals surface area contributed by atoms with Crippen LogP contribution in [0.4, 0.5) is 0 Å². The Labute approximate surface area is 112 Å². The van der Waals surface area contributed by atoms with E-state index in [0.717, 1.165) is 12.0 Å². The SMILES string of the molecule is CC1=CC=CC(CC=C2CCC(N(C)C)CC2)C1. The fraction of sp³-hybridized carbons (Fsp3) is 0.647. The van der Waals surface area contributed by atoms with Crippen LogP contribution in [0.3, 0.4) is 0 Å². The Balaban J connectivity index is 1.78. The summed E-state index contributed by atoms with van der Waals surface area (Å²) in [7, 11) is 4.42. The summed E-state index contributed by atoms with van der Waals surface area (Å²) in [6, 6.07) is 0.807. The Hall–Kier alpha value is -0.820. The van der Waals surface area contributed by atoms with Gasteiger partial charge in [0.25, 0.3) is 0 Å². The molecule has 0 N–H and O–H groups in total. The molecule has 0 aliphatic heterocycles. The molecule has 1 fully saturated rings. The van der Waals surface area contributed by atoms with E-state index in [0.29, 0.717) is 0 Å². The highest BCUT2D eigenvalue weighted by Crippen LogP contribution is 2.28. The van der Waals surface area contributed by atoms with Crippen molar-refractivity contribution in [3.63, 3.8) is 0 Å². The van der Waals surface area contributed by atoms with E-state index in [1.807, 2.05) is 0 Å². The van der Waals surface area contributed by atoms with Gasteiger partial charge in [-0.2, -0.15) is 0 Å². The van der Waals surface area contributed by atoms with Crippen LogP contribution in [0.5, 0.6) is 0 Å². The van der Waals surface area contributed by atoms with E-state index in [2.05, 4.69) is 50.2 Å². The van der Waals surface area contributed by atoms with Gasteiger partial charge in [0.05, 0.1) is 0 Å². The standard InChI is InChI=1S/C17H27N/c1-14-5-4-6-16(13-14)8-7-15-9-11-17(12-10-15)18(2)3/h4-7,16-17H,8-13H2,1-3H3. The molecule has 2 rings (SSSR count). The van der Waals surface area contributed by atoms with E-state index in [1.165, 1.54) is 44.1 Å². The van der Waals surface area contributed by atoms with Gasteiger partial charge >= 0.3 is 0 Å². The maximum atomic E-state index is 2.53. The van der Waals surface area contributed by atoms with E-state index >= 15 is 0 Å². The van der Waals surface area contributed by atoms with Gasteiger partial charge < -0.3 is 4.90 Å². The van der Waals surface area contributed by atoms with E-state index < -0.39 is 0 Å². The molecule has 0 aromatic carbocycles. The molecule has 0 radical (unpaired) electrons. The van der Waals surface area contributed by atoms with Crippen molar-refractivity contribution < 1.29 is 0 Å². The van der Waals surface area contributed by atoms with Crippen LogP contribution >= 0.6 is 0 Å². The smallest absolute Gasteiger partial charge is 0.00952 e. The van der Waals surface area contributed by atoms with Crippen LogP contribution in [0.15, 0.2) is 35.5 Å². The first-order chi connectivity index (χ1) is 8.65. The molecule has 0 saturated heterocycles. The predicted octanol–water partition coefficient (Wildman–Crippen LogP) is 4.33. The Bertz CT molecular complexity index is 350. The minimum absolute atomic E-state index is 0.745. The fourth-order valence-electron chi connectivity index (χ4n) is 3.10. The Morgan fingerprint density at radius 2 is 2.00 bits per heavy atom. The maximum absolute atomic E-state index is 2.53. The second kappa shape index (κ2) is 6.38. The number of allylic oxidation sites excluding steroid dienone is 6. The normalized spacial score (nSPS) is 28.4. The van der Waals surface area contributed by atoms with Crippen molar-refractivity contribution in [2.75, 3.05) is 14.1 Å². The van der Waals surface area contributed by atoms with E-state index in [-0.39, 0.29) is 0 Å². The molecule has 0 spiro atoms. The van der Waals surface area contributed by atoms with Gasteiger partial charge in [-0.1, -0.05) is 35.5 Å². The molecule has 1 atom stereocenters. The first-order valence-electron chi connectivity index (χ1n) is 7.33. The summed E-state index contributed by atoms with van der Waals surface area (Å²) in [4.78, 5) is 2.38. The zero-order chi connectivity index (χ0) is 13.0. The fourth-order valence-corrected chi connectivity index (χ4v) is 3.10. The molecule has 0 aromatic heterocycles. The average molecular weight is 245 g/mol. The van der Waals surface area contributed by atoms with Gasteiger partial charge in [-0.05, 0) is 65.5 Å². The molecule has 1 heteroatoms. The lowest BCUT2D eigenvalue weighted by Gasteiger charge is -2.29. The number of hydrogen-bond donors (Lipinski definition) is 0. The van der Waals surface area contributed by atoms with Crippen LogP contribution in [0.2, 0.25) is 0 Å². The van der Waals surface area contributed by atoms with E-state index in [4.69, 9.17) is 0 Å². The van der Waals surface area contributed by atoms with Crippen LogP contribution in [0.25, 0.3) is 0 Å². The molecule has 2 aliphatic rings. The van der Waals surface area contributed by atoms with Gasteiger partial charge in [-0.3, -0.25) is 0 Å². The summed E-state index contributed by atoms with van der Waals surface area (Å²) < 4.78 is 0. The minimum atomic E-state index is 0.745. The van der Waals surface area contributed by atoms with E-state index in [1.54, 1.807) is 5.57 Å². The van der Waals surface area contributed by atoms with Crippen LogP contribution in [0.1, 0.15) is 45.4 Å². The third-order valence-corrected chi connectivity index (χ3v) is 4.39. The highest BCUT2D eigenvalue weighted by molar-refractivity contribution is 5.19. The molecule has 18 heavy (non-hydrogen) atoms. The highest BCUT2D eigenvalue weighted by atomic mass is 15.1. The summed E-state index contributed by atoms with van der Waals surface area (Å²) in [5.41, 5.74) is 3.23. The van der Waals surface area contributed by atoms with Crippen molar-refractivity contribution in [2.45, 2.75) is 51.5 Å². The first kappa shape index (κ1) is 13.6.